The fraction of sp³-hybridized carbons (Fsp3) is 0.400. The summed E-state index contributed by atoms with van der Waals surface area (Å²) in [7, 11) is 0. The van der Waals surface area contributed by atoms with Crippen molar-refractivity contribution in [1.29, 1.82) is 0 Å². The first kappa shape index (κ1) is 17.2. The number of carbonyl (C=O) groups is 1. The van der Waals surface area contributed by atoms with Crippen LogP contribution in [0.4, 0.5) is 0 Å². The summed E-state index contributed by atoms with van der Waals surface area (Å²) in [6, 6.07) is 12.0. The standard InChI is InChI=1S/C20H22N2O3S/c23-20(22-10-3-5-17(22)16-4-1-2-9-21-16)8-13-26-15-6-7-18-19(14-15)25-12-11-24-18/h1-2,4,6-7,9,14,17H,3,5,8,10-13H2. The highest BCUT2D eigenvalue weighted by atomic mass is 32.2. The van der Waals surface area contributed by atoms with Crippen LogP contribution in [0, 0.1) is 0 Å². The molecule has 1 unspecified atom stereocenters. The number of fused-ring (bicyclic) bond motifs is 1. The van der Waals surface area contributed by atoms with Crippen LogP contribution in [-0.2, 0) is 4.79 Å². The summed E-state index contributed by atoms with van der Waals surface area (Å²) in [6.07, 6.45) is 4.37. The van der Waals surface area contributed by atoms with E-state index in [9.17, 15) is 4.79 Å². The fourth-order valence-electron chi connectivity index (χ4n) is 3.46. The second-order valence-corrected chi connectivity index (χ2v) is 7.57. The smallest absolute Gasteiger partial charge is 0.223 e. The normalized spacial score (nSPS) is 18.8. The Morgan fingerprint density at radius 2 is 2.08 bits per heavy atom. The zero-order valence-electron chi connectivity index (χ0n) is 14.6. The summed E-state index contributed by atoms with van der Waals surface area (Å²) in [6.45, 7) is 2.01. The fourth-order valence-corrected chi connectivity index (χ4v) is 4.33. The number of rotatable bonds is 5. The van der Waals surface area contributed by atoms with E-state index in [-0.39, 0.29) is 11.9 Å². The zero-order valence-corrected chi connectivity index (χ0v) is 15.4. The molecule has 3 heterocycles. The van der Waals surface area contributed by atoms with E-state index in [0.29, 0.717) is 19.6 Å². The van der Waals surface area contributed by atoms with Gasteiger partial charge in [-0.1, -0.05) is 6.07 Å². The predicted octanol–water partition coefficient (Wildman–Crippen LogP) is 3.70. The number of hydrogen-bond acceptors (Lipinski definition) is 5. The molecule has 5 nitrogen and oxygen atoms in total. The topological polar surface area (TPSA) is 51.7 Å². The molecule has 4 rings (SSSR count). The molecule has 1 amide bonds. The lowest BCUT2D eigenvalue weighted by Gasteiger charge is -2.24. The molecule has 2 aliphatic heterocycles. The van der Waals surface area contributed by atoms with Crippen LogP contribution >= 0.6 is 11.8 Å². The maximum absolute atomic E-state index is 12.7. The van der Waals surface area contributed by atoms with Crippen molar-refractivity contribution in [2.45, 2.75) is 30.2 Å². The summed E-state index contributed by atoms with van der Waals surface area (Å²) in [5.74, 6) is 2.56. The Bertz CT molecular complexity index is 769. The third-order valence-electron chi connectivity index (χ3n) is 4.70. The van der Waals surface area contributed by atoms with E-state index in [0.717, 1.165) is 47.2 Å². The predicted molar refractivity (Wildman–Crippen MR) is 101 cm³/mol. The molecule has 1 aromatic carbocycles. The number of pyridine rings is 1. The molecule has 1 atom stereocenters. The molecule has 6 heteroatoms. The first-order valence-corrected chi connectivity index (χ1v) is 10.0. The number of amides is 1. The van der Waals surface area contributed by atoms with Gasteiger partial charge in [-0.25, -0.2) is 0 Å². The van der Waals surface area contributed by atoms with Gasteiger partial charge in [0.1, 0.15) is 13.2 Å². The average Bonchev–Trinajstić information content (AvgIpc) is 3.18. The lowest BCUT2D eigenvalue weighted by Crippen LogP contribution is -2.31. The van der Waals surface area contributed by atoms with Crippen LogP contribution < -0.4 is 9.47 Å². The molecule has 2 aliphatic rings. The number of benzene rings is 1. The Hall–Kier alpha value is -2.21. The number of carbonyl (C=O) groups excluding carboxylic acids is 1. The molecule has 1 fully saturated rings. The third-order valence-corrected chi connectivity index (χ3v) is 5.70. The van der Waals surface area contributed by atoms with Crippen LogP contribution in [0.5, 0.6) is 11.5 Å². The van der Waals surface area contributed by atoms with E-state index in [4.69, 9.17) is 9.47 Å². The summed E-state index contributed by atoms with van der Waals surface area (Å²) in [5.41, 5.74) is 0.998. The van der Waals surface area contributed by atoms with Gasteiger partial charge in [0.2, 0.25) is 5.91 Å². The molecule has 1 aromatic heterocycles. The largest absolute Gasteiger partial charge is 0.486 e. The molecule has 0 N–H and O–H groups in total. The second-order valence-electron chi connectivity index (χ2n) is 6.40. The summed E-state index contributed by atoms with van der Waals surface area (Å²) in [5, 5.41) is 0. The maximum atomic E-state index is 12.7. The molecule has 2 aromatic rings. The van der Waals surface area contributed by atoms with Gasteiger partial charge in [-0.3, -0.25) is 9.78 Å². The molecule has 0 radical (unpaired) electrons. The van der Waals surface area contributed by atoms with Crippen molar-refractivity contribution in [1.82, 2.24) is 9.88 Å². The van der Waals surface area contributed by atoms with Crippen molar-refractivity contribution < 1.29 is 14.3 Å². The molecular weight excluding hydrogens is 348 g/mol. The molecule has 0 aliphatic carbocycles. The Kier molecular flexibility index (Phi) is 5.29. The number of ether oxygens (including phenoxy) is 2. The summed E-state index contributed by atoms with van der Waals surface area (Å²) < 4.78 is 11.2. The minimum atomic E-state index is 0.128. The van der Waals surface area contributed by atoms with Gasteiger partial charge < -0.3 is 14.4 Å². The zero-order chi connectivity index (χ0) is 17.8. The van der Waals surface area contributed by atoms with E-state index in [1.807, 2.05) is 41.3 Å². The monoisotopic (exact) mass is 370 g/mol. The Balaban J connectivity index is 1.32. The molecule has 136 valence electrons. The highest BCUT2D eigenvalue weighted by Crippen LogP contribution is 2.35. The number of nitrogens with zero attached hydrogens (tertiary/aromatic N) is 2. The van der Waals surface area contributed by atoms with Crippen LogP contribution in [0.25, 0.3) is 0 Å². The number of likely N-dealkylation sites (tertiary alicyclic amines) is 1. The highest BCUT2D eigenvalue weighted by Gasteiger charge is 2.30. The molecule has 0 saturated carbocycles. The SMILES string of the molecule is O=C(CCSc1ccc2c(c1)OCCO2)N1CCCC1c1ccccn1. The van der Waals surface area contributed by atoms with Crippen molar-refractivity contribution in [3.63, 3.8) is 0 Å². The van der Waals surface area contributed by atoms with Crippen LogP contribution in [-0.4, -0.2) is 41.3 Å². The van der Waals surface area contributed by atoms with Crippen LogP contribution in [0.2, 0.25) is 0 Å². The van der Waals surface area contributed by atoms with Crippen LogP contribution in [0.1, 0.15) is 31.0 Å². The number of thioether (sulfide) groups is 1. The first-order chi connectivity index (χ1) is 12.8. The molecule has 26 heavy (non-hydrogen) atoms. The van der Waals surface area contributed by atoms with Gasteiger partial charge in [0.15, 0.2) is 11.5 Å². The van der Waals surface area contributed by atoms with E-state index >= 15 is 0 Å². The van der Waals surface area contributed by atoms with E-state index < -0.39 is 0 Å². The van der Waals surface area contributed by atoms with Crippen molar-refractivity contribution in [3.05, 3.63) is 48.3 Å². The Morgan fingerprint density at radius 1 is 1.19 bits per heavy atom. The first-order valence-electron chi connectivity index (χ1n) is 9.04. The van der Waals surface area contributed by atoms with Crippen LogP contribution in [0.3, 0.4) is 0 Å². The van der Waals surface area contributed by atoms with Gasteiger partial charge in [0.25, 0.3) is 0 Å². The van der Waals surface area contributed by atoms with Gasteiger partial charge in [0.05, 0.1) is 11.7 Å². The van der Waals surface area contributed by atoms with E-state index in [2.05, 4.69) is 4.98 Å². The second kappa shape index (κ2) is 7.99. The summed E-state index contributed by atoms with van der Waals surface area (Å²) in [4.78, 5) is 20.2. The van der Waals surface area contributed by atoms with Gasteiger partial charge in [-0.15, -0.1) is 11.8 Å². The number of aromatic nitrogens is 1. The third kappa shape index (κ3) is 3.80. The van der Waals surface area contributed by atoms with Gasteiger partial charge in [-0.05, 0) is 43.2 Å². The molecular formula is C20H22N2O3S. The minimum absolute atomic E-state index is 0.128. The van der Waals surface area contributed by atoms with Crippen molar-refractivity contribution in [2.24, 2.45) is 0 Å². The Morgan fingerprint density at radius 3 is 2.92 bits per heavy atom. The molecule has 0 bridgehead atoms. The minimum Gasteiger partial charge on any atom is -0.486 e. The number of hydrogen-bond donors (Lipinski definition) is 0. The van der Waals surface area contributed by atoms with Gasteiger partial charge in [0, 0.05) is 29.8 Å². The molecule has 0 spiro atoms. The van der Waals surface area contributed by atoms with Crippen molar-refractivity contribution in [2.75, 3.05) is 25.5 Å². The van der Waals surface area contributed by atoms with Crippen molar-refractivity contribution in [3.8, 4) is 11.5 Å². The lowest BCUT2D eigenvalue weighted by atomic mass is 10.1. The van der Waals surface area contributed by atoms with E-state index in [1.165, 1.54) is 0 Å². The maximum Gasteiger partial charge on any atom is 0.223 e. The highest BCUT2D eigenvalue weighted by molar-refractivity contribution is 7.99. The summed E-state index contributed by atoms with van der Waals surface area (Å²) >= 11 is 1.68. The van der Waals surface area contributed by atoms with Crippen LogP contribution in [0.15, 0.2) is 47.5 Å². The van der Waals surface area contributed by atoms with E-state index in [1.54, 1.807) is 18.0 Å². The Labute approximate surface area is 157 Å². The lowest BCUT2D eigenvalue weighted by molar-refractivity contribution is -0.131. The van der Waals surface area contributed by atoms with Crippen molar-refractivity contribution >= 4 is 17.7 Å². The quantitative estimate of drug-likeness (QED) is 0.751. The van der Waals surface area contributed by atoms with Gasteiger partial charge in [-0.2, -0.15) is 0 Å². The molecule has 1 saturated heterocycles. The average molecular weight is 370 g/mol. The van der Waals surface area contributed by atoms with Gasteiger partial charge >= 0.3 is 0 Å².